The van der Waals surface area contributed by atoms with Crippen molar-refractivity contribution < 1.29 is 58.7 Å². The normalized spacial score (nSPS) is 41.9. The molecule has 0 aromatic rings. The quantitative estimate of drug-likeness (QED) is 0.357. The SMILES string of the molecule is CCC1(OC(=O)CC(C)(O)CCC2CC3C=CC2C3)CC2CCC1C2.[Ac]. The molecule has 4 bridgehead atoms. The zero-order valence-electron chi connectivity index (χ0n) is 16.5. The molecule has 1 radical (unpaired) electrons. The summed E-state index contributed by atoms with van der Waals surface area (Å²) in [5, 5.41) is 10.8. The van der Waals surface area contributed by atoms with E-state index in [0.717, 1.165) is 31.1 Å². The van der Waals surface area contributed by atoms with Crippen LogP contribution in [0.15, 0.2) is 12.2 Å². The van der Waals surface area contributed by atoms with Crippen LogP contribution in [0.25, 0.3) is 0 Å². The predicted octanol–water partition coefficient (Wildman–Crippen LogP) is 4.63. The molecule has 26 heavy (non-hydrogen) atoms. The molecule has 4 aliphatic rings. The number of esters is 1. The average Bonchev–Trinajstić information content (AvgIpc) is 3.32. The summed E-state index contributed by atoms with van der Waals surface area (Å²) in [6.45, 7) is 3.96. The third-order valence-electron chi connectivity index (χ3n) is 7.83. The van der Waals surface area contributed by atoms with E-state index in [9.17, 15) is 9.90 Å². The van der Waals surface area contributed by atoms with Crippen LogP contribution in [0.1, 0.15) is 78.1 Å². The monoisotopic (exact) mass is 573 g/mol. The van der Waals surface area contributed by atoms with Crippen LogP contribution in [0.5, 0.6) is 0 Å². The van der Waals surface area contributed by atoms with E-state index in [1.54, 1.807) is 0 Å². The smallest absolute Gasteiger partial charge is 0.309 e. The van der Waals surface area contributed by atoms with Gasteiger partial charge in [-0.1, -0.05) is 19.1 Å². The van der Waals surface area contributed by atoms with E-state index in [1.807, 2.05) is 6.92 Å². The minimum atomic E-state index is -0.935. The van der Waals surface area contributed by atoms with Gasteiger partial charge in [0, 0.05) is 44.1 Å². The van der Waals surface area contributed by atoms with Crippen molar-refractivity contribution in [1.82, 2.24) is 0 Å². The molecule has 0 heterocycles. The fraction of sp³-hybridized carbons (Fsp3) is 0.864. The van der Waals surface area contributed by atoms with E-state index in [2.05, 4.69) is 19.1 Å². The molecule has 3 nitrogen and oxygen atoms in total. The number of carbonyl (C=O) groups is 1. The van der Waals surface area contributed by atoms with Crippen molar-refractivity contribution in [2.75, 3.05) is 0 Å². The van der Waals surface area contributed by atoms with Gasteiger partial charge in [-0.15, -0.1) is 0 Å². The zero-order valence-corrected chi connectivity index (χ0v) is 21.2. The summed E-state index contributed by atoms with van der Waals surface area (Å²) in [5.74, 6) is 3.30. The van der Waals surface area contributed by atoms with E-state index in [4.69, 9.17) is 4.74 Å². The molecule has 3 saturated carbocycles. The van der Waals surface area contributed by atoms with Crippen LogP contribution < -0.4 is 0 Å². The van der Waals surface area contributed by atoms with Crippen LogP contribution in [-0.4, -0.2) is 22.3 Å². The Labute approximate surface area is 194 Å². The molecule has 0 saturated heterocycles. The summed E-state index contributed by atoms with van der Waals surface area (Å²) in [6, 6.07) is 0. The average molecular weight is 574 g/mol. The second-order valence-corrected chi connectivity index (χ2v) is 9.73. The number of hydrogen-bond acceptors (Lipinski definition) is 3. The molecule has 7 atom stereocenters. The number of fused-ring (bicyclic) bond motifs is 4. The summed E-state index contributed by atoms with van der Waals surface area (Å²) in [5.41, 5.74) is -1.17. The van der Waals surface area contributed by atoms with Crippen LogP contribution in [0.4, 0.5) is 0 Å². The van der Waals surface area contributed by atoms with Crippen molar-refractivity contribution in [3.63, 3.8) is 0 Å². The van der Waals surface area contributed by atoms with Crippen LogP contribution >= 0.6 is 0 Å². The molecule has 4 rings (SSSR count). The van der Waals surface area contributed by atoms with Crippen molar-refractivity contribution in [3.8, 4) is 0 Å². The Morgan fingerprint density at radius 1 is 1.27 bits per heavy atom. The van der Waals surface area contributed by atoms with Gasteiger partial charge in [0.05, 0.1) is 12.0 Å². The topological polar surface area (TPSA) is 46.5 Å². The van der Waals surface area contributed by atoms with Crippen molar-refractivity contribution in [2.24, 2.45) is 29.6 Å². The number of rotatable bonds is 7. The van der Waals surface area contributed by atoms with E-state index >= 15 is 0 Å². The van der Waals surface area contributed by atoms with Crippen molar-refractivity contribution >= 4 is 5.97 Å². The second-order valence-electron chi connectivity index (χ2n) is 9.73. The molecule has 7 unspecified atom stereocenters. The largest absolute Gasteiger partial charge is 0.459 e. The minimum Gasteiger partial charge on any atom is -0.459 e. The first kappa shape index (κ1) is 21.3. The predicted molar refractivity (Wildman–Crippen MR) is 97.9 cm³/mol. The maximum atomic E-state index is 12.6. The van der Waals surface area contributed by atoms with Gasteiger partial charge in [-0.2, -0.15) is 0 Å². The number of ether oxygens (including phenoxy) is 1. The molecule has 0 aromatic heterocycles. The van der Waals surface area contributed by atoms with Crippen LogP contribution in [0, 0.1) is 73.7 Å². The zero-order chi connectivity index (χ0) is 17.7. The summed E-state index contributed by atoms with van der Waals surface area (Å²) in [7, 11) is 0. The van der Waals surface area contributed by atoms with Crippen LogP contribution in [0.2, 0.25) is 0 Å². The Kier molecular flexibility index (Phi) is 6.69. The van der Waals surface area contributed by atoms with Gasteiger partial charge in [0.1, 0.15) is 5.60 Å². The van der Waals surface area contributed by atoms with Gasteiger partial charge >= 0.3 is 5.97 Å². The van der Waals surface area contributed by atoms with Crippen molar-refractivity contribution in [3.05, 3.63) is 12.2 Å². The number of carbonyl (C=O) groups excluding carboxylic acids is 1. The standard InChI is InChI=1S/C22H34O3.Ac/c1-3-22(13-16-5-7-19(22)12-16)25-20(23)14-21(2,24)9-8-18-11-15-4-6-17(18)10-15;/h4,6,15-19,24H,3,5,7-14H2,1-2H3;. The number of aliphatic hydroxyl groups is 1. The molecule has 4 aliphatic carbocycles. The summed E-state index contributed by atoms with van der Waals surface area (Å²) in [6.07, 6.45) is 14.9. The van der Waals surface area contributed by atoms with Crippen LogP contribution in [-0.2, 0) is 9.53 Å². The van der Waals surface area contributed by atoms with Crippen molar-refractivity contribution in [1.29, 1.82) is 0 Å². The van der Waals surface area contributed by atoms with Crippen molar-refractivity contribution in [2.45, 2.75) is 89.3 Å². The van der Waals surface area contributed by atoms with Gasteiger partial charge in [0.15, 0.2) is 0 Å². The fourth-order valence-electron chi connectivity index (χ4n) is 6.41. The van der Waals surface area contributed by atoms with E-state index in [-0.39, 0.29) is 62.1 Å². The number of allylic oxidation sites excluding steroid dienone is 2. The first-order chi connectivity index (χ1) is 11.9. The summed E-state index contributed by atoms with van der Waals surface area (Å²) >= 11 is 0. The van der Waals surface area contributed by atoms with E-state index < -0.39 is 5.60 Å². The molecular formula is C22H34AcO3. The molecule has 0 aliphatic heterocycles. The maximum Gasteiger partial charge on any atom is 0.309 e. The summed E-state index contributed by atoms with van der Waals surface area (Å²) < 4.78 is 6.03. The fourth-order valence-corrected chi connectivity index (χ4v) is 6.41. The molecule has 4 heteroatoms. The Balaban J connectivity index is 0.00000196. The van der Waals surface area contributed by atoms with Gasteiger partial charge in [0.25, 0.3) is 0 Å². The second kappa shape index (κ2) is 8.16. The molecule has 0 aromatic carbocycles. The Morgan fingerprint density at radius 2 is 2.08 bits per heavy atom. The molecule has 143 valence electrons. The Bertz CT molecular complexity index is 558. The minimum absolute atomic E-state index is 0. The first-order valence-electron chi connectivity index (χ1n) is 10.5. The van der Waals surface area contributed by atoms with Gasteiger partial charge in [0.2, 0.25) is 0 Å². The number of hydrogen-bond donors (Lipinski definition) is 1. The maximum absolute atomic E-state index is 12.6. The van der Waals surface area contributed by atoms with Gasteiger partial charge in [-0.25, -0.2) is 0 Å². The molecule has 0 amide bonds. The molecule has 0 spiro atoms. The molecular weight excluding hydrogens is 539 g/mol. The first-order valence-corrected chi connectivity index (χ1v) is 10.5. The molecule has 1 N–H and O–H groups in total. The molecule has 3 fully saturated rings. The van der Waals surface area contributed by atoms with Crippen LogP contribution in [0.3, 0.4) is 0 Å². The third-order valence-corrected chi connectivity index (χ3v) is 7.83. The Morgan fingerprint density at radius 3 is 2.62 bits per heavy atom. The van der Waals surface area contributed by atoms with E-state index in [0.29, 0.717) is 24.2 Å². The van der Waals surface area contributed by atoms with E-state index in [1.165, 1.54) is 32.1 Å². The summed E-state index contributed by atoms with van der Waals surface area (Å²) in [4.78, 5) is 12.6. The van der Waals surface area contributed by atoms with Gasteiger partial charge in [-0.3, -0.25) is 4.79 Å². The third kappa shape index (κ3) is 4.28. The Hall–Kier alpha value is 0.612. The van der Waals surface area contributed by atoms with Gasteiger partial charge < -0.3 is 9.84 Å². The van der Waals surface area contributed by atoms with Gasteiger partial charge in [-0.05, 0) is 94.3 Å².